The van der Waals surface area contributed by atoms with E-state index in [1.165, 1.54) is 4.90 Å². The first-order chi connectivity index (χ1) is 13.8. The van der Waals surface area contributed by atoms with Crippen molar-refractivity contribution in [1.82, 2.24) is 14.9 Å². The van der Waals surface area contributed by atoms with E-state index >= 15 is 0 Å². The van der Waals surface area contributed by atoms with Gasteiger partial charge in [0.1, 0.15) is 12.2 Å². The number of hydrogen-bond acceptors (Lipinski definition) is 7. The van der Waals surface area contributed by atoms with Crippen molar-refractivity contribution in [2.24, 2.45) is 0 Å². The summed E-state index contributed by atoms with van der Waals surface area (Å²) in [5.74, 6) is 1.28. The molecule has 1 aliphatic heterocycles. The number of anilines is 1. The predicted molar refractivity (Wildman–Crippen MR) is 115 cm³/mol. The highest BCUT2D eigenvalue weighted by Crippen LogP contribution is 2.18. The Morgan fingerprint density at radius 1 is 1.07 bits per heavy atom. The van der Waals surface area contributed by atoms with Gasteiger partial charge in [-0.25, -0.2) is 14.8 Å². The summed E-state index contributed by atoms with van der Waals surface area (Å²) in [4.78, 5) is 26.0. The minimum atomic E-state index is -0.482. The van der Waals surface area contributed by atoms with Crippen molar-refractivity contribution in [1.29, 1.82) is 0 Å². The van der Waals surface area contributed by atoms with Crippen molar-refractivity contribution in [3.05, 3.63) is 42.2 Å². The van der Waals surface area contributed by atoms with E-state index in [4.69, 9.17) is 9.47 Å². The number of aromatic nitrogens is 2. The lowest BCUT2D eigenvalue weighted by Gasteiger charge is -2.35. The van der Waals surface area contributed by atoms with Gasteiger partial charge in [-0.3, -0.25) is 0 Å². The van der Waals surface area contributed by atoms with Gasteiger partial charge in [0.15, 0.2) is 5.75 Å². The molecule has 156 valence electrons. The number of carbonyl (C=O) groups excluding carboxylic acids is 1. The van der Waals surface area contributed by atoms with Gasteiger partial charge in [0.2, 0.25) is 5.95 Å². The molecule has 2 heterocycles. The summed E-state index contributed by atoms with van der Waals surface area (Å²) in [6.07, 6.45) is 5.17. The monoisotopic (exact) mass is 416 g/mol. The summed E-state index contributed by atoms with van der Waals surface area (Å²) in [5, 5.41) is 0. The molecule has 0 N–H and O–H groups in total. The third-order valence-corrected chi connectivity index (χ3v) is 5.14. The van der Waals surface area contributed by atoms with E-state index in [9.17, 15) is 4.79 Å². The molecule has 0 bridgehead atoms. The van der Waals surface area contributed by atoms with Crippen LogP contribution in [0.5, 0.6) is 5.75 Å². The Balaban J connectivity index is 1.48. The molecule has 0 unspecified atom stereocenters. The molecule has 2 aromatic rings. The highest BCUT2D eigenvalue weighted by atomic mass is 32.2. The first-order valence-corrected chi connectivity index (χ1v) is 10.9. The number of benzene rings is 1. The molecule has 8 heteroatoms. The van der Waals surface area contributed by atoms with Crippen molar-refractivity contribution in [2.45, 2.75) is 37.9 Å². The van der Waals surface area contributed by atoms with Crippen LogP contribution in [0.2, 0.25) is 0 Å². The average Bonchev–Trinajstić information content (AvgIpc) is 2.72. The second-order valence-corrected chi connectivity index (χ2v) is 8.69. The van der Waals surface area contributed by atoms with Crippen LogP contribution in [0.3, 0.4) is 0 Å². The first kappa shape index (κ1) is 21.2. The quantitative estimate of drug-likeness (QED) is 0.686. The maximum absolute atomic E-state index is 12.2. The van der Waals surface area contributed by atoms with Gasteiger partial charge in [0.05, 0.1) is 12.4 Å². The molecule has 1 saturated heterocycles. The van der Waals surface area contributed by atoms with Crippen LogP contribution in [0.1, 0.15) is 26.3 Å². The highest BCUT2D eigenvalue weighted by Gasteiger charge is 2.26. The summed E-state index contributed by atoms with van der Waals surface area (Å²) in [6.45, 7) is 8.60. The smallest absolute Gasteiger partial charge is 0.410 e. The zero-order valence-electron chi connectivity index (χ0n) is 17.4. The van der Waals surface area contributed by atoms with Crippen molar-refractivity contribution < 1.29 is 14.3 Å². The minimum absolute atomic E-state index is 0.271. The number of nitrogens with zero attached hydrogens (tertiary/aromatic N) is 4. The normalized spacial score (nSPS) is 14.6. The molecule has 1 aromatic carbocycles. The second-order valence-electron chi connectivity index (χ2n) is 7.81. The standard InChI is InChI=1S/C21H28N4O3S/c1-21(2,3)28-20(26)25-11-9-24(10-12-25)19-22-13-17(14-23-19)27-15-16-5-7-18(29-4)8-6-16/h5-8,13-14H,9-12,15H2,1-4H3. The first-order valence-electron chi connectivity index (χ1n) is 9.65. The number of thioether (sulfide) groups is 1. The van der Waals surface area contributed by atoms with E-state index in [0.29, 0.717) is 44.5 Å². The molecule has 0 atom stereocenters. The average molecular weight is 417 g/mol. The number of rotatable bonds is 5. The fourth-order valence-corrected chi connectivity index (χ4v) is 3.26. The Morgan fingerprint density at radius 2 is 1.69 bits per heavy atom. The lowest BCUT2D eigenvalue weighted by atomic mass is 10.2. The molecule has 7 nitrogen and oxygen atoms in total. The van der Waals surface area contributed by atoms with Gasteiger partial charge in [-0.15, -0.1) is 11.8 Å². The Hall–Kier alpha value is -2.48. The zero-order valence-corrected chi connectivity index (χ0v) is 18.2. The third-order valence-electron chi connectivity index (χ3n) is 4.39. The second kappa shape index (κ2) is 9.35. The van der Waals surface area contributed by atoms with Crippen LogP contribution in [-0.4, -0.2) is 59.0 Å². The maximum Gasteiger partial charge on any atom is 0.410 e. The number of ether oxygens (including phenoxy) is 2. The molecule has 1 aliphatic rings. The third kappa shape index (κ3) is 6.25. The van der Waals surface area contributed by atoms with Gasteiger partial charge in [-0.2, -0.15) is 0 Å². The minimum Gasteiger partial charge on any atom is -0.486 e. The van der Waals surface area contributed by atoms with Gasteiger partial charge in [0, 0.05) is 31.1 Å². The van der Waals surface area contributed by atoms with Crippen molar-refractivity contribution in [3.63, 3.8) is 0 Å². The Bertz CT molecular complexity index is 798. The Labute approximate surface area is 176 Å². The fourth-order valence-electron chi connectivity index (χ4n) is 2.85. The van der Waals surface area contributed by atoms with Gasteiger partial charge in [-0.1, -0.05) is 12.1 Å². The predicted octanol–water partition coefficient (Wildman–Crippen LogP) is 3.83. The molecule has 0 saturated carbocycles. The molecule has 0 aliphatic carbocycles. The van der Waals surface area contributed by atoms with E-state index in [0.717, 1.165) is 5.56 Å². The molecule has 0 spiro atoms. The van der Waals surface area contributed by atoms with E-state index in [1.807, 2.05) is 20.8 Å². The lowest BCUT2D eigenvalue weighted by molar-refractivity contribution is 0.0240. The van der Waals surface area contributed by atoms with E-state index in [1.54, 1.807) is 29.1 Å². The molecule has 1 aromatic heterocycles. The summed E-state index contributed by atoms with van der Waals surface area (Å²) < 4.78 is 11.2. The van der Waals surface area contributed by atoms with Crippen molar-refractivity contribution >= 4 is 23.8 Å². The van der Waals surface area contributed by atoms with Crippen molar-refractivity contribution in [3.8, 4) is 5.75 Å². The molecule has 29 heavy (non-hydrogen) atoms. The van der Waals surface area contributed by atoms with Gasteiger partial charge >= 0.3 is 6.09 Å². The fraction of sp³-hybridized carbons (Fsp3) is 0.476. The highest BCUT2D eigenvalue weighted by molar-refractivity contribution is 7.98. The van der Waals surface area contributed by atoms with Crippen molar-refractivity contribution in [2.75, 3.05) is 37.3 Å². The molecular weight excluding hydrogens is 388 g/mol. The molecular formula is C21H28N4O3S. The van der Waals surface area contributed by atoms with Crippen LogP contribution in [0.15, 0.2) is 41.6 Å². The van der Waals surface area contributed by atoms with Crippen LogP contribution < -0.4 is 9.64 Å². The van der Waals surface area contributed by atoms with Crippen LogP contribution in [0.25, 0.3) is 0 Å². The molecule has 1 amide bonds. The van der Waals surface area contributed by atoms with Gasteiger partial charge < -0.3 is 19.3 Å². The van der Waals surface area contributed by atoms with Gasteiger partial charge in [0.25, 0.3) is 0 Å². The summed E-state index contributed by atoms with van der Waals surface area (Å²) >= 11 is 1.72. The van der Waals surface area contributed by atoms with Gasteiger partial charge in [-0.05, 0) is 44.7 Å². The summed E-state index contributed by atoms with van der Waals surface area (Å²) in [6, 6.07) is 8.29. The largest absolute Gasteiger partial charge is 0.486 e. The molecule has 0 radical (unpaired) electrons. The topological polar surface area (TPSA) is 67.8 Å². The number of amides is 1. The van der Waals surface area contributed by atoms with Crippen LogP contribution in [0.4, 0.5) is 10.7 Å². The summed E-state index contributed by atoms with van der Waals surface area (Å²) in [5.41, 5.74) is 0.620. The number of hydrogen-bond donors (Lipinski definition) is 0. The maximum atomic E-state index is 12.2. The Kier molecular flexibility index (Phi) is 6.84. The van der Waals surface area contributed by atoms with Crippen LogP contribution in [-0.2, 0) is 11.3 Å². The summed E-state index contributed by atoms with van der Waals surface area (Å²) in [7, 11) is 0. The van der Waals surface area contributed by atoms with Crippen LogP contribution >= 0.6 is 11.8 Å². The lowest BCUT2D eigenvalue weighted by Crippen LogP contribution is -2.50. The molecule has 3 rings (SSSR count). The zero-order chi connectivity index (χ0) is 20.9. The van der Waals surface area contributed by atoms with E-state index in [-0.39, 0.29) is 6.09 Å². The molecule has 1 fully saturated rings. The SMILES string of the molecule is CSc1ccc(COc2cnc(N3CCN(C(=O)OC(C)(C)C)CC3)nc2)cc1. The van der Waals surface area contributed by atoms with Crippen LogP contribution in [0, 0.1) is 0 Å². The number of carbonyl (C=O) groups is 1. The Morgan fingerprint density at radius 3 is 2.24 bits per heavy atom. The van der Waals surface area contributed by atoms with E-state index in [2.05, 4.69) is 45.4 Å². The number of piperazine rings is 1. The van der Waals surface area contributed by atoms with E-state index < -0.39 is 5.60 Å².